The number of aromatic nitrogens is 1. The van der Waals surface area contributed by atoms with E-state index in [1.807, 2.05) is 6.07 Å². The van der Waals surface area contributed by atoms with Crippen molar-refractivity contribution in [1.82, 2.24) is 15.6 Å². The number of guanidine groups is 1. The third-order valence-electron chi connectivity index (χ3n) is 3.47. The monoisotopic (exact) mass is 275 g/mol. The standard InChI is InChI=1S/C14H21N5O/c1-11-9-15-14(17-11)16-10-12-3-2-4-13(18-12)19-5-7-20-8-6-19/h2-4,11H,5-10H2,1H3,(H2,15,16,17). The lowest BCUT2D eigenvalue weighted by Gasteiger charge is -2.28. The zero-order chi connectivity index (χ0) is 13.8. The molecule has 1 unspecified atom stereocenters. The molecule has 0 aliphatic carbocycles. The molecule has 0 aromatic carbocycles. The highest BCUT2D eigenvalue weighted by Crippen LogP contribution is 2.13. The van der Waals surface area contributed by atoms with Gasteiger partial charge in [-0.25, -0.2) is 4.98 Å². The van der Waals surface area contributed by atoms with Crippen molar-refractivity contribution in [2.75, 3.05) is 37.7 Å². The second-order valence-electron chi connectivity index (χ2n) is 5.17. The fourth-order valence-electron chi connectivity index (χ4n) is 2.37. The molecule has 0 spiro atoms. The first kappa shape index (κ1) is 13.2. The minimum Gasteiger partial charge on any atom is -0.378 e. The van der Waals surface area contributed by atoms with Crippen LogP contribution in [0, 0.1) is 0 Å². The Morgan fingerprint density at radius 1 is 1.40 bits per heavy atom. The summed E-state index contributed by atoms with van der Waals surface area (Å²) >= 11 is 0. The van der Waals surface area contributed by atoms with Crippen molar-refractivity contribution in [3.8, 4) is 0 Å². The Morgan fingerprint density at radius 3 is 3.00 bits per heavy atom. The van der Waals surface area contributed by atoms with E-state index in [4.69, 9.17) is 9.72 Å². The summed E-state index contributed by atoms with van der Waals surface area (Å²) in [6.07, 6.45) is 0. The van der Waals surface area contributed by atoms with Crippen LogP contribution < -0.4 is 15.5 Å². The van der Waals surface area contributed by atoms with Crippen LogP contribution in [-0.2, 0) is 11.3 Å². The van der Waals surface area contributed by atoms with Crippen molar-refractivity contribution < 1.29 is 4.74 Å². The highest BCUT2D eigenvalue weighted by molar-refractivity contribution is 5.81. The average Bonchev–Trinajstić information content (AvgIpc) is 2.92. The second-order valence-corrected chi connectivity index (χ2v) is 5.17. The molecule has 2 aliphatic heterocycles. The maximum absolute atomic E-state index is 5.37. The molecule has 2 aliphatic rings. The predicted molar refractivity (Wildman–Crippen MR) is 79.0 cm³/mol. The Labute approximate surface area is 119 Å². The molecule has 0 saturated carbocycles. The van der Waals surface area contributed by atoms with Gasteiger partial charge in [0.05, 0.1) is 32.0 Å². The van der Waals surface area contributed by atoms with Gasteiger partial charge in [-0.1, -0.05) is 6.07 Å². The fraction of sp³-hybridized carbons (Fsp3) is 0.571. The third kappa shape index (κ3) is 3.19. The van der Waals surface area contributed by atoms with Crippen LogP contribution in [0.4, 0.5) is 5.82 Å². The number of nitrogens with one attached hydrogen (secondary N) is 2. The Hall–Kier alpha value is -1.82. The van der Waals surface area contributed by atoms with Gasteiger partial charge in [-0.05, 0) is 19.1 Å². The van der Waals surface area contributed by atoms with Crippen LogP contribution in [0.25, 0.3) is 0 Å². The molecule has 0 radical (unpaired) electrons. The van der Waals surface area contributed by atoms with Crippen LogP contribution in [0.5, 0.6) is 0 Å². The van der Waals surface area contributed by atoms with E-state index in [-0.39, 0.29) is 0 Å². The van der Waals surface area contributed by atoms with Crippen molar-refractivity contribution >= 4 is 11.8 Å². The summed E-state index contributed by atoms with van der Waals surface area (Å²) in [6.45, 7) is 7.03. The SMILES string of the molecule is CC1CN=C(NCc2cccc(N3CCOCC3)n2)N1. The zero-order valence-electron chi connectivity index (χ0n) is 11.8. The van der Waals surface area contributed by atoms with Crippen LogP contribution in [-0.4, -0.2) is 49.8 Å². The Morgan fingerprint density at radius 2 is 2.25 bits per heavy atom. The van der Waals surface area contributed by atoms with Crippen molar-refractivity contribution in [3.05, 3.63) is 23.9 Å². The molecule has 1 aromatic rings. The highest BCUT2D eigenvalue weighted by Gasteiger charge is 2.14. The largest absolute Gasteiger partial charge is 0.378 e. The highest BCUT2D eigenvalue weighted by atomic mass is 16.5. The Balaban J connectivity index is 1.59. The van der Waals surface area contributed by atoms with Crippen LogP contribution in [0.3, 0.4) is 0 Å². The smallest absolute Gasteiger partial charge is 0.191 e. The van der Waals surface area contributed by atoms with E-state index in [1.54, 1.807) is 0 Å². The topological polar surface area (TPSA) is 61.8 Å². The summed E-state index contributed by atoms with van der Waals surface area (Å²) in [5, 5.41) is 6.58. The van der Waals surface area contributed by atoms with E-state index in [1.165, 1.54) is 0 Å². The number of pyridine rings is 1. The van der Waals surface area contributed by atoms with Gasteiger partial charge in [0.2, 0.25) is 0 Å². The lowest BCUT2D eigenvalue weighted by atomic mass is 10.3. The minimum atomic E-state index is 0.421. The van der Waals surface area contributed by atoms with Gasteiger partial charge >= 0.3 is 0 Å². The number of hydrogen-bond donors (Lipinski definition) is 2. The molecule has 6 nitrogen and oxygen atoms in total. The fourth-order valence-corrected chi connectivity index (χ4v) is 2.37. The van der Waals surface area contributed by atoms with Gasteiger partial charge in [0, 0.05) is 19.1 Å². The van der Waals surface area contributed by atoms with Crippen molar-refractivity contribution in [3.63, 3.8) is 0 Å². The Kier molecular flexibility index (Phi) is 4.01. The van der Waals surface area contributed by atoms with Gasteiger partial charge < -0.3 is 20.3 Å². The van der Waals surface area contributed by atoms with Gasteiger partial charge in [0.25, 0.3) is 0 Å². The van der Waals surface area contributed by atoms with Gasteiger partial charge in [-0.2, -0.15) is 0 Å². The summed E-state index contributed by atoms with van der Waals surface area (Å²) in [4.78, 5) is 11.3. The van der Waals surface area contributed by atoms with Gasteiger partial charge in [-0.3, -0.25) is 4.99 Å². The summed E-state index contributed by atoms with van der Waals surface area (Å²) in [7, 11) is 0. The van der Waals surface area contributed by atoms with E-state index in [2.05, 4.69) is 39.6 Å². The quantitative estimate of drug-likeness (QED) is 0.834. The average molecular weight is 275 g/mol. The molecule has 108 valence electrons. The van der Waals surface area contributed by atoms with Crippen molar-refractivity contribution in [2.45, 2.75) is 19.5 Å². The lowest BCUT2D eigenvalue weighted by molar-refractivity contribution is 0.122. The third-order valence-corrected chi connectivity index (χ3v) is 3.47. The van der Waals surface area contributed by atoms with Crippen molar-refractivity contribution in [1.29, 1.82) is 0 Å². The lowest BCUT2D eigenvalue weighted by Crippen LogP contribution is -2.38. The number of nitrogens with zero attached hydrogens (tertiary/aromatic N) is 3. The zero-order valence-corrected chi connectivity index (χ0v) is 11.8. The number of aliphatic imine (C=N–C) groups is 1. The van der Waals surface area contributed by atoms with E-state index in [0.29, 0.717) is 12.6 Å². The van der Waals surface area contributed by atoms with E-state index in [9.17, 15) is 0 Å². The van der Waals surface area contributed by atoms with E-state index >= 15 is 0 Å². The summed E-state index contributed by atoms with van der Waals surface area (Å²) in [5.74, 6) is 1.90. The first-order chi connectivity index (χ1) is 9.81. The molecule has 1 saturated heterocycles. The van der Waals surface area contributed by atoms with Gasteiger partial charge in [-0.15, -0.1) is 0 Å². The van der Waals surface area contributed by atoms with Gasteiger partial charge in [0.1, 0.15) is 5.82 Å². The first-order valence-corrected chi connectivity index (χ1v) is 7.15. The molecule has 0 amide bonds. The molecule has 2 N–H and O–H groups in total. The molecule has 6 heteroatoms. The van der Waals surface area contributed by atoms with Crippen molar-refractivity contribution in [2.24, 2.45) is 4.99 Å². The molecule has 3 rings (SSSR count). The van der Waals surface area contributed by atoms with E-state index in [0.717, 1.165) is 50.3 Å². The maximum atomic E-state index is 5.37. The van der Waals surface area contributed by atoms with Crippen LogP contribution in [0.2, 0.25) is 0 Å². The summed E-state index contributed by atoms with van der Waals surface area (Å²) < 4.78 is 5.37. The maximum Gasteiger partial charge on any atom is 0.191 e. The molecule has 1 atom stereocenters. The molecular formula is C14H21N5O. The van der Waals surface area contributed by atoms with Crippen LogP contribution in [0.1, 0.15) is 12.6 Å². The molecule has 3 heterocycles. The number of hydrogen-bond acceptors (Lipinski definition) is 6. The molecule has 1 fully saturated rings. The molecule has 20 heavy (non-hydrogen) atoms. The van der Waals surface area contributed by atoms with E-state index < -0.39 is 0 Å². The Bertz CT molecular complexity index is 484. The van der Waals surface area contributed by atoms with Crippen LogP contribution in [0.15, 0.2) is 23.2 Å². The number of morpholine rings is 1. The number of rotatable bonds is 3. The molecule has 0 bridgehead atoms. The first-order valence-electron chi connectivity index (χ1n) is 7.15. The summed E-state index contributed by atoms with van der Waals surface area (Å²) in [6, 6.07) is 6.57. The molecule has 1 aromatic heterocycles. The molecular weight excluding hydrogens is 254 g/mol. The summed E-state index contributed by atoms with van der Waals surface area (Å²) in [5.41, 5.74) is 1.03. The number of ether oxygens (including phenoxy) is 1. The predicted octanol–water partition coefficient (Wildman–Crippen LogP) is 0.356. The van der Waals surface area contributed by atoms with Gasteiger partial charge in [0.15, 0.2) is 5.96 Å². The normalized spacial score (nSPS) is 22.4. The van der Waals surface area contributed by atoms with Crippen LogP contribution >= 0.6 is 0 Å². The number of anilines is 1. The second kappa shape index (κ2) is 6.09. The minimum absolute atomic E-state index is 0.421.